The number of hydrogen-bond acceptors (Lipinski definition) is 6. The molecule has 0 aliphatic heterocycles. The van der Waals surface area contributed by atoms with Crippen LogP contribution in [0.15, 0.2) is 69.6 Å². The molecule has 0 radical (unpaired) electrons. The van der Waals surface area contributed by atoms with Crippen LogP contribution in [0.3, 0.4) is 0 Å². The Hall–Kier alpha value is -2.72. The summed E-state index contributed by atoms with van der Waals surface area (Å²) in [6, 6.07) is 10.7. The molecule has 1 aromatic carbocycles. The van der Waals surface area contributed by atoms with Crippen LogP contribution in [-0.2, 0) is 11.3 Å². The van der Waals surface area contributed by atoms with Crippen LogP contribution < -0.4 is 5.32 Å². The zero-order chi connectivity index (χ0) is 20.1. The first-order valence-corrected chi connectivity index (χ1v) is 9.75. The molecule has 28 heavy (non-hydrogen) atoms. The number of carboxylic acids is 1. The second-order valence-electron chi connectivity index (χ2n) is 6.10. The SMILES string of the molecule is CC(Cn1cncn1)(NC(=O)c1ccccc1Sc1ccc(Br)cn1)C(=O)O. The number of carboxylic acid groups (broad SMARTS) is 1. The molecule has 2 heterocycles. The molecule has 3 aromatic rings. The number of nitrogens with one attached hydrogen (secondary N) is 1. The Morgan fingerprint density at radius 1 is 1.29 bits per heavy atom. The summed E-state index contributed by atoms with van der Waals surface area (Å²) in [5, 5.41) is 16.9. The molecule has 0 spiro atoms. The molecular weight excluding hydrogens is 446 g/mol. The average Bonchev–Trinajstić information content (AvgIpc) is 3.16. The maximum Gasteiger partial charge on any atom is 0.331 e. The normalized spacial score (nSPS) is 12.9. The van der Waals surface area contributed by atoms with E-state index >= 15 is 0 Å². The molecule has 1 atom stereocenters. The molecule has 2 aromatic heterocycles. The molecule has 8 nitrogen and oxygen atoms in total. The first-order valence-electron chi connectivity index (χ1n) is 8.14. The van der Waals surface area contributed by atoms with Gasteiger partial charge in [-0.1, -0.05) is 23.9 Å². The number of rotatable bonds is 7. The van der Waals surface area contributed by atoms with Crippen molar-refractivity contribution in [2.45, 2.75) is 28.9 Å². The number of halogens is 1. The molecule has 0 fully saturated rings. The van der Waals surface area contributed by atoms with Gasteiger partial charge in [0.15, 0.2) is 5.54 Å². The average molecular weight is 462 g/mol. The molecule has 0 aliphatic carbocycles. The van der Waals surface area contributed by atoms with Gasteiger partial charge in [0.25, 0.3) is 5.91 Å². The summed E-state index contributed by atoms with van der Waals surface area (Å²) < 4.78 is 2.22. The van der Waals surface area contributed by atoms with Gasteiger partial charge < -0.3 is 10.4 Å². The third kappa shape index (κ3) is 4.76. The molecule has 0 bridgehead atoms. The van der Waals surface area contributed by atoms with Gasteiger partial charge in [0, 0.05) is 15.6 Å². The minimum Gasteiger partial charge on any atom is -0.479 e. The fraction of sp³-hybridized carbons (Fsp3) is 0.167. The maximum absolute atomic E-state index is 12.9. The Kier molecular flexibility index (Phi) is 6.10. The summed E-state index contributed by atoms with van der Waals surface area (Å²) in [5.74, 6) is -1.67. The van der Waals surface area contributed by atoms with Crippen molar-refractivity contribution >= 4 is 39.6 Å². The summed E-state index contributed by atoms with van der Waals surface area (Å²) in [4.78, 5) is 33.5. The Balaban J connectivity index is 1.83. The highest BCUT2D eigenvalue weighted by Gasteiger charge is 2.36. The van der Waals surface area contributed by atoms with Gasteiger partial charge >= 0.3 is 5.97 Å². The number of aromatic nitrogens is 4. The molecule has 3 rings (SSSR count). The number of carbonyl (C=O) groups is 2. The lowest BCUT2D eigenvalue weighted by Gasteiger charge is -2.26. The van der Waals surface area contributed by atoms with E-state index in [4.69, 9.17) is 0 Å². The van der Waals surface area contributed by atoms with Crippen LogP contribution in [0.25, 0.3) is 0 Å². The van der Waals surface area contributed by atoms with Crippen LogP contribution in [0.2, 0.25) is 0 Å². The van der Waals surface area contributed by atoms with Crippen LogP contribution in [0.4, 0.5) is 0 Å². The van der Waals surface area contributed by atoms with Crippen molar-refractivity contribution in [3.05, 3.63) is 65.3 Å². The van der Waals surface area contributed by atoms with Crippen molar-refractivity contribution in [1.29, 1.82) is 0 Å². The molecular formula is C18H16BrN5O3S. The highest BCUT2D eigenvalue weighted by atomic mass is 79.9. The monoisotopic (exact) mass is 461 g/mol. The fourth-order valence-corrected chi connectivity index (χ4v) is 3.51. The zero-order valence-electron chi connectivity index (χ0n) is 14.7. The van der Waals surface area contributed by atoms with Crippen molar-refractivity contribution < 1.29 is 14.7 Å². The first kappa shape index (κ1) is 20.0. The van der Waals surface area contributed by atoms with Gasteiger partial charge in [0.05, 0.1) is 12.1 Å². The predicted molar refractivity (Wildman–Crippen MR) is 106 cm³/mol. The molecule has 2 N–H and O–H groups in total. The molecule has 0 saturated heterocycles. The topological polar surface area (TPSA) is 110 Å². The molecule has 1 amide bonds. The zero-order valence-corrected chi connectivity index (χ0v) is 17.1. The van der Waals surface area contributed by atoms with Crippen molar-refractivity contribution in [1.82, 2.24) is 25.1 Å². The minimum absolute atomic E-state index is 0.0579. The van der Waals surface area contributed by atoms with E-state index in [9.17, 15) is 14.7 Å². The summed E-state index contributed by atoms with van der Waals surface area (Å²) in [7, 11) is 0. The van der Waals surface area contributed by atoms with Crippen LogP contribution in [0.5, 0.6) is 0 Å². The van der Waals surface area contributed by atoms with Gasteiger partial charge in [-0.3, -0.25) is 9.48 Å². The van der Waals surface area contributed by atoms with E-state index < -0.39 is 17.4 Å². The van der Waals surface area contributed by atoms with E-state index in [1.165, 1.54) is 36.0 Å². The molecule has 1 unspecified atom stereocenters. The number of aliphatic carboxylic acids is 1. The summed E-state index contributed by atoms with van der Waals surface area (Å²) in [6.45, 7) is 1.37. The minimum atomic E-state index is -1.56. The number of carbonyl (C=O) groups excluding carboxylic acids is 1. The van der Waals surface area contributed by atoms with Crippen LogP contribution in [0, 0.1) is 0 Å². The molecule has 0 saturated carbocycles. The van der Waals surface area contributed by atoms with Crippen molar-refractivity contribution in [3.8, 4) is 0 Å². The van der Waals surface area contributed by atoms with E-state index in [0.29, 0.717) is 15.5 Å². The van der Waals surface area contributed by atoms with E-state index in [1.54, 1.807) is 24.4 Å². The second kappa shape index (κ2) is 8.53. The van der Waals surface area contributed by atoms with Gasteiger partial charge in [0.1, 0.15) is 17.7 Å². The Bertz CT molecular complexity index is 981. The Labute approximate surface area is 173 Å². The van der Waals surface area contributed by atoms with Crippen molar-refractivity contribution in [2.75, 3.05) is 0 Å². The summed E-state index contributed by atoms with van der Waals surface area (Å²) in [5.41, 5.74) is -1.19. The number of benzene rings is 1. The van der Waals surface area contributed by atoms with Crippen molar-refractivity contribution in [3.63, 3.8) is 0 Å². The predicted octanol–water partition coefficient (Wildman–Crippen LogP) is 2.86. The van der Waals surface area contributed by atoms with Gasteiger partial charge in [0.2, 0.25) is 0 Å². The maximum atomic E-state index is 12.9. The lowest BCUT2D eigenvalue weighted by molar-refractivity contribution is -0.144. The number of amides is 1. The van der Waals surface area contributed by atoms with Crippen LogP contribution >= 0.6 is 27.7 Å². The molecule has 0 aliphatic rings. The first-order chi connectivity index (χ1) is 13.4. The van der Waals surface area contributed by atoms with E-state index in [1.807, 2.05) is 18.2 Å². The van der Waals surface area contributed by atoms with E-state index in [2.05, 4.69) is 36.3 Å². The smallest absolute Gasteiger partial charge is 0.331 e. The van der Waals surface area contributed by atoms with Gasteiger partial charge in [-0.05, 0) is 47.1 Å². The van der Waals surface area contributed by atoms with E-state index in [-0.39, 0.29) is 6.54 Å². The van der Waals surface area contributed by atoms with Crippen molar-refractivity contribution in [2.24, 2.45) is 0 Å². The third-order valence-electron chi connectivity index (χ3n) is 3.85. The molecule has 144 valence electrons. The van der Waals surface area contributed by atoms with Gasteiger partial charge in [-0.15, -0.1) is 0 Å². The number of hydrogen-bond donors (Lipinski definition) is 2. The quantitative estimate of drug-likeness (QED) is 0.556. The van der Waals surface area contributed by atoms with Crippen LogP contribution in [-0.4, -0.2) is 42.3 Å². The number of pyridine rings is 1. The Morgan fingerprint density at radius 2 is 2.07 bits per heavy atom. The lowest BCUT2D eigenvalue weighted by Crippen LogP contribution is -2.55. The van der Waals surface area contributed by atoms with E-state index in [0.717, 1.165) is 4.47 Å². The summed E-state index contributed by atoms with van der Waals surface area (Å²) >= 11 is 4.66. The largest absolute Gasteiger partial charge is 0.479 e. The highest BCUT2D eigenvalue weighted by molar-refractivity contribution is 9.10. The third-order valence-corrected chi connectivity index (χ3v) is 5.35. The molecule has 10 heteroatoms. The van der Waals surface area contributed by atoms with Gasteiger partial charge in [-0.2, -0.15) is 5.10 Å². The lowest BCUT2D eigenvalue weighted by atomic mass is 10.0. The summed E-state index contributed by atoms with van der Waals surface area (Å²) in [6.07, 6.45) is 4.38. The van der Waals surface area contributed by atoms with Crippen LogP contribution in [0.1, 0.15) is 17.3 Å². The highest BCUT2D eigenvalue weighted by Crippen LogP contribution is 2.30. The van der Waals surface area contributed by atoms with Gasteiger partial charge in [-0.25, -0.2) is 14.8 Å². The second-order valence-corrected chi connectivity index (χ2v) is 8.08. The number of nitrogens with zero attached hydrogens (tertiary/aromatic N) is 4. The standard InChI is InChI=1S/C18H16BrN5O3S/c1-18(17(26)27,9-24-11-20-10-22-24)23-16(25)13-4-2-3-5-14(13)28-15-7-6-12(19)8-21-15/h2-8,10-11H,9H2,1H3,(H,23,25)(H,26,27). The fourth-order valence-electron chi connectivity index (χ4n) is 2.40. The Morgan fingerprint density at radius 3 is 2.71 bits per heavy atom.